The molecule has 5 rings (SSSR count). The molecule has 0 radical (unpaired) electrons. The number of amides is 1. The normalized spacial score (nSPS) is 10.6. The predicted molar refractivity (Wildman–Crippen MR) is 177 cm³/mol. The standard InChI is InChI=1S/C24H21F2N3O2S2.C9H10FNO/c1-30-9-8-27-13-15-2-4-17(18(25)10-15)23-12-20-24(33-23)22(6-7-28-20)31-21-5-3-16(29-14-32)11-19(21)26;1-11-9(12)6-7-2-4-8(10)5-3-7/h2-7,10-12,14,27H,8-9,13H2,1H3,(H,29,32);2-5H,6H2,1H3,(H,11,12). The quantitative estimate of drug-likeness (QED) is 0.0967. The second-order valence-electron chi connectivity index (χ2n) is 9.60. The minimum absolute atomic E-state index is 0.0680. The van der Waals surface area contributed by atoms with Crippen molar-refractivity contribution in [2.24, 2.45) is 0 Å². The fourth-order valence-corrected chi connectivity index (χ4v) is 5.37. The molecule has 7 nitrogen and oxygen atoms in total. The van der Waals surface area contributed by atoms with Gasteiger partial charge in [0.25, 0.3) is 0 Å². The third-order valence-corrected chi connectivity index (χ3v) is 7.71. The number of carbonyl (C=O) groups is 1. The molecule has 234 valence electrons. The lowest BCUT2D eigenvalue weighted by Gasteiger charge is -2.09. The van der Waals surface area contributed by atoms with Crippen LogP contribution in [-0.2, 0) is 22.5 Å². The van der Waals surface area contributed by atoms with Crippen molar-refractivity contribution in [3.05, 3.63) is 108 Å². The summed E-state index contributed by atoms with van der Waals surface area (Å²) in [5, 5.41) is 8.45. The minimum atomic E-state index is -0.528. The first-order valence-electron chi connectivity index (χ1n) is 13.8. The predicted octanol–water partition coefficient (Wildman–Crippen LogP) is 7.25. The lowest BCUT2D eigenvalue weighted by molar-refractivity contribution is -0.119. The van der Waals surface area contributed by atoms with Gasteiger partial charge in [-0.05, 0) is 47.5 Å². The van der Waals surface area contributed by atoms with E-state index in [0.29, 0.717) is 58.2 Å². The maximum absolute atomic E-state index is 14.9. The number of thiocarbonyl (C=S) groups is 1. The molecule has 0 spiro atoms. The monoisotopic (exact) mass is 652 g/mol. The molecule has 2 heterocycles. The Morgan fingerprint density at radius 1 is 0.956 bits per heavy atom. The number of hydrogen-bond donors (Lipinski definition) is 3. The SMILES string of the molecule is CNC(=O)Cc1ccc(F)cc1.COCCNCc1ccc(-c2cc3nccc(Oc4ccc(NC=S)cc4F)c3s2)c(F)c1. The maximum Gasteiger partial charge on any atom is 0.224 e. The van der Waals surface area contributed by atoms with E-state index in [1.807, 2.05) is 12.1 Å². The Bertz CT molecular complexity index is 1750. The van der Waals surface area contributed by atoms with Gasteiger partial charge >= 0.3 is 0 Å². The zero-order chi connectivity index (χ0) is 32.2. The van der Waals surface area contributed by atoms with Crippen molar-refractivity contribution in [1.29, 1.82) is 0 Å². The number of pyridine rings is 1. The van der Waals surface area contributed by atoms with E-state index in [0.717, 1.165) is 11.1 Å². The molecule has 45 heavy (non-hydrogen) atoms. The van der Waals surface area contributed by atoms with Crippen molar-refractivity contribution >= 4 is 50.9 Å². The van der Waals surface area contributed by atoms with Gasteiger partial charge in [0.2, 0.25) is 5.91 Å². The van der Waals surface area contributed by atoms with E-state index in [1.165, 1.54) is 47.2 Å². The first-order valence-corrected chi connectivity index (χ1v) is 15.1. The van der Waals surface area contributed by atoms with Gasteiger partial charge in [0.15, 0.2) is 11.6 Å². The highest BCUT2D eigenvalue weighted by Crippen LogP contribution is 2.40. The van der Waals surface area contributed by atoms with Gasteiger partial charge < -0.3 is 25.4 Å². The molecular formula is C33H31F3N4O3S2. The second kappa shape index (κ2) is 16.6. The van der Waals surface area contributed by atoms with Crippen molar-refractivity contribution in [3.8, 4) is 21.9 Å². The van der Waals surface area contributed by atoms with E-state index in [1.54, 1.807) is 50.7 Å². The van der Waals surface area contributed by atoms with Gasteiger partial charge in [-0.25, -0.2) is 13.2 Å². The highest BCUT2D eigenvalue weighted by molar-refractivity contribution is 7.79. The van der Waals surface area contributed by atoms with E-state index in [2.05, 4.69) is 20.9 Å². The van der Waals surface area contributed by atoms with Crippen LogP contribution in [0.5, 0.6) is 11.5 Å². The number of benzene rings is 3. The van der Waals surface area contributed by atoms with Crippen molar-refractivity contribution in [2.75, 3.05) is 32.6 Å². The van der Waals surface area contributed by atoms with Crippen molar-refractivity contribution in [2.45, 2.75) is 13.0 Å². The number of nitrogens with one attached hydrogen (secondary N) is 3. The lowest BCUT2D eigenvalue weighted by atomic mass is 10.1. The number of carbonyl (C=O) groups excluding carboxylic acids is 1. The average molecular weight is 653 g/mol. The Morgan fingerprint density at radius 3 is 2.42 bits per heavy atom. The lowest BCUT2D eigenvalue weighted by Crippen LogP contribution is -2.19. The zero-order valence-electron chi connectivity index (χ0n) is 24.5. The number of ether oxygens (including phenoxy) is 2. The van der Waals surface area contributed by atoms with Crippen molar-refractivity contribution in [1.82, 2.24) is 15.6 Å². The fourth-order valence-electron chi connectivity index (χ4n) is 4.14. The van der Waals surface area contributed by atoms with Gasteiger partial charge in [-0.2, -0.15) is 0 Å². The Labute approximate surface area is 268 Å². The van der Waals surface area contributed by atoms with Crippen LogP contribution in [-0.4, -0.2) is 43.7 Å². The molecular weight excluding hydrogens is 622 g/mol. The van der Waals surface area contributed by atoms with Crippen LogP contribution >= 0.6 is 23.6 Å². The summed E-state index contributed by atoms with van der Waals surface area (Å²) in [5.41, 5.74) is 4.62. The van der Waals surface area contributed by atoms with E-state index in [4.69, 9.17) is 21.7 Å². The molecule has 3 N–H and O–H groups in total. The summed E-state index contributed by atoms with van der Waals surface area (Å²) < 4.78 is 53.3. The van der Waals surface area contributed by atoms with E-state index in [-0.39, 0.29) is 23.3 Å². The Balaban J connectivity index is 0.000000323. The van der Waals surface area contributed by atoms with Gasteiger partial charge in [0.1, 0.15) is 17.4 Å². The van der Waals surface area contributed by atoms with Gasteiger partial charge in [-0.15, -0.1) is 11.3 Å². The van der Waals surface area contributed by atoms with E-state index < -0.39 is 5.82 Å². The third kappa shape index (κ3) is 9.56. The van der Waals surface area contributed by atoms with Gasteiger partial charge in [-0.3, -0.25) is 9.78 Å². The number of hydrogen-bond acceptors (Lipinski definition) is 7. The second-order valence-corrected chi connectivity index (χ2v) is 10.9. The zero-order valence-corrected chi connectivity index (χ0v) is 26.2. The minimum Gasteiger partial charge on any atom is -0.453 e. The van der Waals surface area contributed by atoms with E-state index >= 15 is 0 Å². The number of halogens is 3. The first kappa shape index (κ1) is 33.5. The number of anilines is 1. The van der Waals surface area contributed by atoms with Crippen LogP contribution < -0.4 is 20.7 Å². The summed E-state index contributed by atoms with van der Waals surface area (Å²) in [4.78, 5) is 15.9. The number of nitrogens with zero attached hydrogens (tertiary/aromatic N) is 1. The summed E-state index contributed by atoms with van der Waals surface area (Å²) in [6.07, 6.45) is 1.88. The molecule has 0 saturated heterocycles. The number of thiophene rings is 1. The molecule has 0 saturated carbocycles. The van der Waals surface area contributed by atoms with Crippen molar-refractivity contribution in [3.63, 3.8) is 0 Å². The molecule has 0 fully saturated rings. The maximum atomic E-state index is 14.9. The number of likely N-dealkylation sites (N-methyl/N-ethyl adjacent to an activating group) is 1. The largest absolute Gasteiger partial charge is 0.453 e. The Morgan fingerprint density at radius 2 is 1.73 bits per heavy atom. The highest BCUT2D eigenvalue weighted by Gasteiger charge is 2.15. The summed E-state index contributed by atoms with van der Waals surface area (Å²) in [6.45, 7) is 1.84. The summed E-state index contributed by atoms with van der Waals surface area (Å²) >= 11 is 6.07. The van der Waals surface area contributed by atoms with Crippen LogP contribution in [0, 0.1) is 17.5 Å². The average Bonchev–Trinajstić information content (AvgIpc) is 3.47. The fraction of sp³-hybridized carbons (Fsp3) is 0.182. The molecule has 0 unspecified atom stereocenters. The molecule has 0 bridgehead atoms. The highest BCUT2D eigenvalue weighted by atomic mass is 32.1. The third-order valence-electron chi connectivity index (χ3n) is 6.42. The summed E-state index contributed by atoms with van der Waals surface area (Å²) in [7, 11) is 3.21. The van der Waals surface area contributed by atoms with Crippen LogP contribution in [0.1, 0.15) is 11.1 Å². The molecule has 5 aromatic rings. The van der Waals surface area contributed by atoms with Crippen molar-refractivity contribution < 1.29 is 27.4 Å². The topological polar surface area (TPSA) is 84.5 Å². The Kier molecular flexibility index (Phi) is 12.4. The van der Waals surface area contributed by atoms with Crippen LogP contribution in [0.3, 0.4) is 0 Å². The van der Waals surface area contributed by atoms with Crippen LogP contribution in [0.25, 0.3) is 20.7 Å². The molecule has 1 amide bonds. The Hall–Kier alpha value is -4.36. The van der Waals surface area contributed by atoms with Crippen LogP contribution in [0.2, 0.25) is 0 Å². The van der Waals surface area contributed by atoms with Crippen LogP contribution in [0.4, 0.5) is 18.9 Å². The molecule has 0 aliphatic heterocycles. The van der Waals surface area contributed by atoms with Gasteiger partial charge in [-0.1, -0.05) is 36.5 Å². The summed E-state index contributed by atoms with van der Waals surface area (Å²) in [5.74, 6) is -0.673. The van der Waals surface area contributed by atoms with Crippen LogP contribution in [0.15, 0.2) is 79.0 Å². The molecule has 0 atom stereocenters. The van der Waals surface area contributed by atoms with Gasteiger partial charge in [0.05, 0.1) is 28.7 Å². The summed E-state index contributed by atoms with van der Waals surface area (Å²) in [6, 6.07) is 19.0. The number of aromatic nitrogens is 1. The smallest absolute Gasteiger partial charge is 0.224 e. The number of methoxy groups -OCH3 is 1. The van der Waals surface area contributed by atoms with Gasteiger partial charge in [0, 0.05) is 61.7 Å². The molecule has 0 aliphatic rings. The molecule has 2 aromatic heterocycles. The van der Waals surface area contributed by atoms with E-state index in [9.17, 15) is 18.0 Å². The number of fused-ring (bicyclic) bond motifs is 1. The molecule has 0 aliphatic carbocycles. The first-order chi connectivity index (χ1) is 21.8. The molecule has 3 aromatic carbocycles. The molecule has 12 heteroatoms. The number of rotatable bonds is 12.